The normalized spacial score (nSPS) is 18.4. The van der Waals surface area contributed by atoms with Crippen LogP contribution in [-0.4, -0.2) is 0 Å². The van der Waals surface area contributed by atoms with Crippen LogP contribution in [0.1, 0.15) is 0 Å². The number of hydrogen-bond acceptors (Lipinski definition) is 1. The van der Waals surface area contributed by atoms with E-state index < -0.39 is 0 Å². The molecule has 72 valence electrons. The minimum atomic E-state index is 1.34. The summed E-state index contributed by atoms with van der Waals surface area (Å²) in [6, 6.07) is 8.56. The van der Waals surface area contributed by atoms with Crippen molar-refractivity contribution in [1.82, 2.24) is 0 Å². The van der Waals surface area contributed by atoms with Crippen LogP contribution in [0, 0.1) is 0 Å². The van der Waals surface area contributed by atoms with Gasteiger partial charge in [-0.3, -0.25) is 0 Å². The molecule has 15 heavy (non-hydrogen) atoms. The average Bonchev–Trinajstić information content (AvgIpc) is 2.55. The molecule has 0 N–H and O–H groups in total. The topological polar surface area (TPSA) is 0 Å². The lowest BCUT2D eigenvalue weighted by Crippen LogP contribution is -2.17. The molecule has 0 radical (unpaired) electrons. The van der Waals surface area contributed by atoms with E-state index in [0.717, 1.165) is 0 Å². The van der Waals surface area contributed by atoms with Gasteiger partial charge in [-0.25, -0.2) is 0 Å². The van der Waals surface area contributed by atoms with Gasteiger partial charge >= 0.3 is 0 Å². The van der Waals surface area contributed by atoms with Gasteiger partial charge in [0.1, 0.15) is 0 Å². The third-order valence-corrected chi connectivity index (χ3v) is 3.66. The highest BCUT2D eigenvalue weighted by atomic mass is 32.1. The van der Waals surface area contributed by atoms with Crippen molar-refractivity contribution >= 4 is 33.6 Å². The van der Waals surface area contributed by atoms with Crippen molar-refractivity contribution in [1.29, 1.82) is 0 Å². The van der Waals surface area contributed by atoms with Crippen LogP contribution in [0.4, 0.5) is 0 Å². The predicted molar refractivity (Wildman–Crippen MR) is 68.3 cm³/mol. The van der Waals surface area contributed by atoms with Gasteiger partial charge in [0.05, 0.1) is 0 Å². The smallest absolute Gasteiger partial charge is 0.0355 e. The second kappa shape index (κ2) is 3.52. The first-order chi connectivity index (χ1) is 7.45. The molecule has 1 aromatic carbocycles. The number of benzene rings is 1. The zero-order valence-corrected chi connectivity index (χ0v) is 9.00. The summed E-state index contributed by atoms with van der Waals surface area (Å²) < 4.78 is 2.70. The summed E-state index contributed by atoms with van der Waals surface area (Å²) in [7, 11) is 0. The van der Waals surface area contributed by atoms with Crippen LogP contribution < -0.4 is 9.75 Å². The predicted octanol–water partition coefficient (Wildman–Crippen LogP) is 2.59. The van der Waals surface area contributed by atoms with E-state index in [0.29, 0.717) is 0 Å². The monoisotopic (exact) mass is 210 g/mol. The number of thiophene rings is 1. The molecule has 1 heterocycles. The zero-order chi connectivity index (χ0) is 10.1. The molecule has 3 rings (SSSR count). The first-order valence-electron chi connectivity index (χ1n) is 4.98. The van der Waals surface area contributed by atoms with E-state index in [2.05, 4.69) is 60.7 Å². The van der Waals surface area contributed by atoms with Crippen LogP contribution in [-0.2, 0) is 0 Å². The highest BCUT2D eigenvalue weighted by Gasteiger charge is 1.98. The lowest BCUT2D eigenvalue weighted by molar-refractivity contribution is 1.74. The summed E-state index contributed by atoms with van der Waals surface area (Å²) in [5.74, 6) is 0. The number of allylic oxidation sites excluding steroid dienone is 4. The third kappa shape index (κ3) is 1.45. The lowest BCUT2D eigenvalue weighted by atomic mass is 10.2. The average molecular weight is 210 g/mol. The molecule has 0 aliphatic heterocycles. The molecule has 2 aromatic rings. The van der Waals surface area contributed by atoms with Gasteiger partial charge in [-0.2, -0.15) is 0 Å². The van der Waals surface area contributed by atoms with Crippen molar-refractivity contribution in [3.8, 4) is 0 Å². The Morgan fingerprint density at radius 2 is 1.60 bits per heavy atom. The van der Waals surface area contributed by atoms with Crippen molar-refractivity contribution in [2.45, 2.75) is 0 Å². The second-order valence-electron chi connectivity index (χ2n) is 3.48. The van der Waals surface area contributed by atoms with E-state index in [1.807, 2.05) is 11.3 Å². The van der Waals surface area contributed by atoms with E-state index in [4.69, 9.17) is 0 Å². The Kier molecular flexibility index (Phi) is 2.04. The molecule has 0 amide bonds. The van der Waals surface area contributed by atoms with Gasteiger partial charge in [-0.1, -0.05) is 48.6 Å². The molecular formula is C14H10S. The van der Waals surface area contributed by atoms with E-state index in [1.165, 1.54) is 19.8 Å². The Labute approximate surface area is 92.2 Å². The van der Waals surface area contributed by atoms with E-state index in [9.17, 15) is 0 Å². The molecule has 0 bridgehead atoms. The molecule has 0 atom stereocenters. The van der Waals surface area contributed by atoms with Crippen molar-refractivity contribution in [2.24, 2.45) is 0 Å². The fourth-order valence-corrected chi connectivity index (χ4v) is 2.91. The van der Waals surface area contributed by atoms with Crippen molar-refractivity contribution in [3.05, 3.63) is 58.3 Å². The van der Waals surface area contributed by atoms with Crippen molar-refractivity contribution in [2.75, 3.05) is 0 Å². The molecule has 0 fully saturated rings. The van der Waals surface area contributed by atoms with Crippen LogP contribution >= 0.6 is 11.3 Å². The quantitative estimate of drug-likeness (QED) is 0.627. The van der Waals surface area contributed by atoms with E-state index >= 15 is 0 Å². The SMILES string of the molecule is C1=C/C=c2/sc3ccccc3/c2=C\C=C1. The van der Waals surface area contributed by atoms with Gasteiger partial charge in [0.15, 0.2) is 0 Å². The fourth-order valence-electron chi connectivity index (χ4n) is 1.80. The Morgan fingerprint density at radius 3 is 2.53 bits per heavy atom. The third-order valence-electron chi connectivity index (χ3n) is 2.51. The summed E-state index contributed by atoms with van der Waals surface area (Å²) in [6.45, 7) is 0. The summed E-state index contributed by atoms with van der Waals surface area (Å²) in [5, 5.41) is 2.70. The first kappa shape index (κ1) is 8.69. The largest absolute Gasteiger partial charge is 0.135 e. The van der Waals surface area contributed by atoms with Crippen LogP contribution in [0.2, 0.25) is 0 Å². The highest BCUT2D eigenvalue weighted by Crippen LogP contribution is 2.12. The maximum absolute atomic E-state index is 2.19. The highest BCUT2D eigenvalue weighted by molar-refractivity contribution is 7.17. The summed E-state index contributed by atoms with van der Waals surface area (Å²) in [5.41, 5.74) is 0. The Balaban J connectivity index is 2.56. The molecule has 0 saturated heterocycles. The number of fused-ring (bicyclic) bond motifs is 3. The van der Waals surface area contributed by atoms with Gasteiger partial charge in [0, 0.05) is 19.8 Å². The minimum Gasteiger partial charge on any atom is -0.135 e. The van der Waals surface area contributed by atoms with E-state index in [-0.39, 0.29) is 0 Å². The van der Waals surface area contributed by atoms with Gasteiger partial charge in [0.25, 0.3) is 0 Å². The molecule has 0 spiro atoms. The maximum atomic E-state index is 2.19. The fraction of sp³-hybridized carbons (Fsp3) is 0. The molecule has 1 aliphatic rings. The Morgan fingerprint density at radius 1 is 0.800 bits per heavy atom. The molecule has 0 unspecified atom stereocenters. The van der Waals surface area contributed by atoms with Gasteiger partial charge < -0.3 is 0 Å². The van der Waals surface area contributed by atoms with Crippen molar-refractivity contribution in [3.63, 3.8) is 0 Å². The van der Waals surface area contributed by atoms with Crippen LogP contribution in [0.25, 0.3) is 22.2 Å². The summed E-state index contributed by atoms with van der Waals surface area (Å²) in [4.78, 5) is 0. The van der Waals surface area contributed by atoms with Gasteiger partial charge in [-0.15, -0.1) is 11.3 Å². The van der Waals surface area contributed by atoms with E-state index in [1.54, 1.807) is 0 Å². The maximum Gasteiger partial charge on any atom is 0.0355 e. The number of rotatable bonds is 0. The molecule has 1 aromatic heterocycles. The van der Waals surface area contributed by atoms with Crippen LogP contribution in [0.15, 0.2) is 48.6 Å². The Bertz CT molecular complexity index is 669. The molecule has 0 nitrogen and oxygen atoms in total. The standard InChI is InChI=1S/C14H10S/c1-2-4-9-13-11(7-3-1)12-8-5-6-10-14(12)15-13/h1-10H/b2-1?,3-1?,4-2?,7-3?,9-4?,11-7+,13-9+. The van der Waals surface area contributed by atoms with Crippen molar-refractivity contribution < 1.29 is 0 Å². The molecule has 1 aliphatic carbocycles. The summed E-state index contributed by atoms with van der Waals surface area (Å²) in [6.07, 6.45) is 12.7. The zero-order valence-electron chi connectivity index (χ0n) is 8.18. The van der Waals surface area contributed by atoms with Gasteiger partial charge in [0.2, 0.25) is 0 Å². The first-order valence-corrected chi connectivity index (χ1v) is 5.80. The molecule has 1 heteroatoms. The second-order valence-corrected chi connectivity index (χ2v) is 4.56. The summed E-state index contributed by atoms with van der Waals surface area (Å²) >= 11 is 1.85. The lowest BCUT2D eigenvalue weighted by Gasteiger charge is -1.86. The molecule has 0 saturated carbocycles. The minimum absolute atomic E-state index is 1.34. The van der Waals surface area contributed by atoms with Crippen LogP contribution in [0.5, 0.6) is 0 Å². The number of hydrogen-bond donors (Lipinski definition) is 0. The molecular weight excluding hydrogens is 200 g/mol. The Hall–Kier alpha value is -1.60. The van der Waals surface area contributed by atoms with Crippen LogP contribution in [0.3, 0.4) is 0 Å². The van der Waals surface area contributed by atoms with Gasteiger partial charge in [-0.05, 0) is 12.1 Å².